The fraction of sp³-hybridized carbons (Fsp3) is 0.417. The molecule has 0 spiro atoms. The molecule has 0 aliphatic carbocycles. The molecule has 2 N–H and O–H groups in total. The zero-order chi connectivity index (χ0) is 23.1. The van der Waals surface area contributed by atoms with E-state index in [9.17, 15) is 9.59 Å². The number of piperazine rings is 1. The lowest BCUT2D eigenvalue weighted by molar-refractivity contribution is -0.122. The van der Waals surface area contributed by atoms with Crippen LogP contribution in [-0.4, -0.2) is 74.1 Å². The molecule has 2 aromatic rings. The van der Waals surface area contributed by atoms with E-state index in [-0.39, 0.29) is 23.9 Å². The van der Waals surface area contributed by atoms with Gasteiger partial charge in [0, 0.05) is 36.5 Å². The molecule has 3 rings (SSSR count). The number of amides is 2. The fourth-order valence-electron chi connectivity index (χ4n) is 3.83. The van der Waals surface area contributed by atoms with Crippen molar-refractivity contribution in [3.05, 3.63) is 48.5 Å². The normalized spacial score (nSPS) is 19.2. The summed E-state index contributed by atoms with van der Waals surface area (Å²) in [5.74, 6) is 1.38. The molecule has 0 bridgehead atoms. The lowest BCUT2D eigenvalue weighted by Gasteiger charge is -2.43. The van der Waals surface area contributed by atoms with Crippen molar-refractivity contribution in [3.8, 4) is 11.5 Å². The van der Waals surface area contributed by atoms with E-state index in [0.717, 1.165) is 22.9 Å². The predicted octanol–water partition coefficient (Wildman–Crippen LogP) is 2.68. The zero-order valence-electron chi connectivity index (χ0n) is 19.1. The van der Waals surface area contributed by atoms with Crippen molar-refractivity contribution in [2.75, 3.05) is 51.0 Å². The van der Waals surface area contributed by atoms with Crippen molar-refractivity contribution in [1.29, 1.82) is 0 Å². The number of hydrogen-bond acceptors (Lipinski definition) is 6. The third-order valence-corrected chi connectivity index (χ3v) is 5.69. The molecule has 0 saturated carbocycles. The maximum atomic E-state index is 12.5. The van der Waals surface area contributed by atoms with E-state index in [1.54, 1.807) is 14.2 Å². The van der Waals surface area contributed by atoms with Crippen LogP contribution < -0.4 is 20.1 Å². The maximum absolute atomic E-state index is 12.5. The average molecular weight is 441 g/mol. The Morgan fingerprint density at radius 2 is 1.09 bits per heavy atom. The topological polar surface area (TPSA) is 83.1 Å². The van der Waals surface area contributed by atoms with Gasteiger partial charge < -0.3 is 20.1 Å². The van der Waals surface area contributed by atoms with E-state index >= 15 is 0 Å². The van der Waals surface area contributed by atoms with Crippen LogP contribution in [0.3, 0.4) is 0 Å². The van der Waals surface area contributed by atoms with E-state index in [4.69, 9.17) is 9.47 Å². The number of nitrogens with zero attached hydrogens (tertiary/aromatic N) is 2. The molecule has 0 aromatic heterocycles. The predicted molar refractivity (Wildman–Crippen MR) is 125 cm³/mol. The SMILES string of the molecule is COc1ccc(NC(=O)CN2C[C@@H](C)N(CC(=O)Nc3ccc(OC)cc3)C[C@H]2C)cc1. The first-order valence-electron chi connectivity index (χ1n) is 10.7. The highest BCUT2D eigenvalue weighted by Crippen LogP contribution is 2.18. The molecule has 2 atom stereocenters. The summed E-state index contributed by atoms with van der Waals surface area (Å²) in [7, 11) is 3.22. The minimum Gasteiger partial charge on any atom is -0.497 e. The van der Waals surface area contributed by atoms with Gasteiger partial charge in [0.05, 0.1) is 27.3 Å². The van der Waals surface area contributed by atoms with E-state index in [0.29, 0.717) is 26.2 Å². The lowest BCUT2D eigenvalue weighted by atomic mass is 10.1. The summed E-state index contributed by atoms with van der Waals surface area (Å²) >= 11 is 0. The Kier molecular flexibility index (Phi) is 8.08. The van der Waals surface area contributed by atoms with E-state index in [2.05, 4.69) is 34.3 Å². The summed E-state index contributed by atoms with van der Waals surface area (Å²) in [6.07, 6.45) is 0. The fourth-order valence-corrected chi connectivity index (χ4v) is 3.83. The minimum atomic E-state index is -0.0556. The van der Waals surface area contributed by atoms with Gasteiger partial charge in [-0.05, 0) is 62.4 Å². The molecule has 32 heavy (non-hydrogen) atoms. The van der Waals surface area contributed by atoms with Crippen LogP contribution in [0, 0.1) is 0 Å². The number of anilines is 2. The first kappa shape index (κ1) is 23.6. The Balaban J connectivity index is 1.48. The van der Waals surface area contributed by atoms with Crippen LogP contribution in [0.25, 0.3) is 0 Å². The highest BCUT2D eigenvalue weighted by Gasteiger charge is 2.31. The second-order valence-corrected chi connectivity index (χ2v) is 8.11. The van der Waals surface area contributed by atoms with Crippen LogP contribution in [-0.2, 0) is 9.59 Å². The number of rotatable bonds is 8. The number of benzene rings is 2. The monoisotopic (exact) mass is 440 g/mol. The number of nitrogens with one attached hydrogen (secondary N) is 2. The molecular weight excluding hydrogens is 408 g/mol. The summed E-state index contributed by atoms with van der Waals surface area (Å²) in [6, 6.07) is 14.9. The molecular formula is C24H32N4O4. The van der Waals surface area contributed by atoms with Crippen molar-refractivity contribution in [1.82, 2.24) is 9.80 Å². The van der Waals surface area contributed by atoms with Gasteiger partial charge in [0.2, 0.25) is 11.8 Å². The molecule has 0 radical (unpaired) electrons. The van der Waals surface area contributed by atoms with Crippen LogP contribution >= 0.6 is 0 Å². The number of ether oxygens (including phenoxy) is 2. The maximum Gasteiger partial charge on any atom is 0.238 e. The number of hydrogen-bond donors (Lipinski definition) is 2. The Hall–Kier alpha value is -3.10. The van der Waals surface area contributed by atoms with Crippen LogP contribution in [0.2, 0.25) is 0 Å². The van der Waals surface area contributed by atoms with Gasteiger partial charge in [-0.2, -0.15) is 0 Å². The van der Waals surface area contributed by atoms with Gasteiger partial charge in [-0.15, -0.1) is 0 Å². The van der Waals surface area contributed by atoms with Crippen LogP contribution in [0.1, 0.15) is 13.8 Å². The molecule has 1 aliphatic rings. The van der Waals surface area contributed by atoms with E-state index in [1.807, 2.05) is 48.5 Å². The number of carbonyl (C=O) groups excluding carboxylic acids is 2. The first-order chi connectivity index (χ1) is 15.4. The van der Waals surface area contributed by atoms with Crippen LogP contribution in [0.5, 0.6) is 11.5 Å². The quantitative estimate of drug-likeness (QED) is 0.657. The van der Waals surface area contributed by atoms with Gasteiger partial charge in [-0.1, -0.05) is 0 Å². The minimum absolute atomic E-state index is 0.0556. The molecule has 1 heterocycles. The van der Waals surface area contributed by atoms with Crippen molar-refractivity contribution in [2.24, 2.45) is 0 Å². The van der Waals surface area contributed by atoms with Gasteiger partial charge in [0.15, 0.2) is 0 Å². The number of methoxy groups -OCH3 is 2. The lowest BCUT2D eigenvalue weighted by Crippen LogP contribution is -2.58. The zero-order valence-corrected chi connectivity index (χ0v) is 19.1. The molecule has 172 valence electrons. The highest BCUT2D eigenvalue weighted by atomic mass is 16.5. The molecule has 8 nitrogen and oxygen atoms in total. The second-order valence-electron chi connectivity index (χ2n) is 8.11. The largest absolute Gasteiger partial charge is 0.497 e. The van der Waals surface area contributed by atoms with Crippen molar-refractivity contribution in [3.63, 3.8) is 0 Å². The van der Waals surface area contributed by atoms with Crippen molar-refractivity contribution in [2.45, 2.75) is 25.9 Å². The summed E-state index contributed by atoms with van der Waals surface area (Å²) in [4.78, 5) is 29.4. The molecule has 1 aliphatic heterocycles. The Morgan fingerprint density at radius 3 is 1.41 bits per heavy atom. The third-order valence-electron chi connectivity index (χ3n) is 5.69. The van der Waals surface area contributed by atoms with Gasteiger partial charge in [0.25, 0.3) is 0 Å². The molecule has 1 saturated heterocycles. The van der Waals surface area contributed by atoms with E-state index < -0.39 is 0 Å². The van der Waals surface area contributed by atoms with Gasteiger partial charge in [0.1, 0.15) is 11.5 Å². The van der Waals surface area contributed by atoms with E-state index in [1.165, 1.54) is 0 Å². The summed E-state index contributed by atoms with van der Waals surface area (Å²) < 4.78 is 10.3. The van der Waals surface area contributed by atoms with Crippen LogP contribution in [0.4, 0.5) is 11.4 Å². The Morgan fingerprint density at radius 1 is 0.750 bits per heavy atom. The summed E-state index contributed by atoms with van der Waals surface area (Å²) in [5.41, 5.74) is 1.48. The first-order valence-corrected chi connectivity index (χ1v) is 10.7. The molecule has 1 fully saturated rings. The molecule has 8 heteroatoms. The standard InChI is InChI=1S/C24H32N4O4/c1-17-13-28(16-24(30)26-20-7-11-22(32-4)12-8-20)18(2)14-27(17)15-23(29)25-19-5-9-21(31-3)10-6-19/h5-12,17-18H,13-16H2,1-4H3,(H,25,29)(H,26,30)/t17-,18-/m1/s1. The van der Waals surface area contributed by atoms with Crippen molar-refractivity contribution < 1.29 is 19.1 Å². The number of carbonyl (C=O) groups is 2. The van der Waals surface area contributed by atoms with Crippen molar-refractivity contribution >= 4 is 23.2 Å². The molecule has 2 amide bonds. The van der Waals surface area contributed by atoms with Gasteiger partial charge in [-0.3, -0.25) is 19.4 Å². The Bertz CT molecular complexity index is 826. The summed E-state index contributed by atoms with van der Waals surface area (Å²) in [5, 5.41) is 5.86. The molecule has 0 unspecified atom stereocenters. The molecule has 2 aromatic carbocycles. The highest BCUT2D eigenvalue weighted by molar-refractivity contribution is 5.93. The summed E-state index contributed by atoms with van der Waals surface area (Å²) in [6.45, 7) is 6.22. The van der Waals surface area contributed by atoms with Crippen LogP contribution in [0.15, 0.2) is 48.5 Å². The second kappa shape index (κ2) is 11.0. The smallest absolute Gasteiger partial charge is 0.238 e. The van der Waals surface area contributed by atoms with Gasteiger partial charge in [-0.25, -0.2) is 0 Å². The third kappa shape index (κ3) is 6.45. The van der Waals surface area contributed by atoms with Gasteiger partial charge >= 0.3 is 0 Å². The average Bonchev–Trinajstić information content (AvgIpc) is 2.78. The Labute approximate surface area is 189 Å².